The van der Waals surface area contributed by atoms with Gasteiger partial charge in [-0.1, -0.05) is 18.1 Å². The Hall–Kier alpha value is -2.97. The second-order valence-electron chi connectivity index (χ2n) is 5.75. The lowest BCUT2D eigenvalue weighted by Gasteiger charge is -2.13. The highest BCUT2D eigenvalue weighted by molar-refractivity contribution is 14.1. The molecule has 0 spiro atoms. The van der Waals surface area contributed by atoms with E-state index in [1.165, 1.54) is 6.08 Å². The molecule has 2 aromatic carbocycles. The normalized spacial score (nSPS) is 10.5. The van der Waals surface area contributed by atoms with Crippen molar-refractivity contribution >= 4 is 40.3 Å². The molecule has 28 heavy (non-hydrogen) atoms. The van der Waals surface area contributed by atoms with E-state index in [1.54, 1.807) is 18.2 Å². The Kier molecular flexibility index (Phi) is 7.91. The van der Waals surface area contributed by atoms with Crippen molar-refractivity contribution in [2.75, 3.05) is 18.5 Å². The minimum Gasteiger partial charge on any atom is -0.490 e. The van der Waals surface area contributed by atoms with Gasteiger partial charge >= 0.3 is 0 Å². The van der Waals surface area contributed by atoms with Gasteiger partial charge in [0.2, 0.25) is 0 Å². The monoisotopic (exact) mass is 486 g/mol. The number of anilines is 1. The van der Waals surface area contributed by atoms with Crippen LogP contribution in [-0.2, 0) is 4.79 Å². The van der Waals surface area contributed by atoms with Crippen LogP contribution in [-0.4, -0.2) is 19.1 Å². The number of carbonyl (C=O) groups is 1. The number of halogens is 1. The number of rotatable bonds is 7. The molecule has 142 valence electrons. The van der Waals surface area contributed by atoms with Crippen molar-refractivity contribution in [1.29, 1.82) is 5.26 Å². The van der Waals surface area contributed by atoms with Crippen LogP contribution < -0.4 is 14.8 Å². The Balaban J connectivity index is 2.33. The number of carbonyl (C=O) groups excluding carboxylic acids is 1. The first kappa shape index (κ1) is 21.3. The van der Waals surface area contributed by atoms with E-state index >= 15 is 0 Å². The van der Waals surface area contributed by atoms with Gasteiger partial charge in [0.25, 0.3) is 5.91 Å². The average molecular weight is 486 g/mol. The molecule has 0 aliphatic carbocycles. The quantitative estimate of drug-likeness (QED) is 0.270. The van der Waals surface area contributed by atoms with Crippen LogP contribution >= 0.6 is 22.6 Å². The minimum absolute atomic E-state index is 0.0166. The molecule has 1 amide bonds. The second kappa shape index (κ2) is 10.4. The molecule has 0 bridgehead atoms. The SMILES string of the molecule is C#CCOc1c(I)cc(/C=C(\C#N)C(=O)Nc2cccc(C)c2)cc1OCC. The molecule has 2 rings (SSSR count). The molecular weight excluding hydrogens is 467 g/mol. The summed E-state index contributed by atoms with van der Waals surface area (Å²) in [4.78, 5) is 12.5. The Morgan fingerprint density at radius 2 is 2.11 bits per heavy atom. The summed E-state index contributed by atoms with van der Waals surface area (Å²) >= 11 is 2.10. The van der Waals surface area contributed by atoms with Crippen molar-refractivity contribution in [2.24, 2.45) is 0 Å². The van der Waals surface area contributed by atoms with Crippen LogP contribution in [0.1, 0.15) is 18.1 Å². The van der Waals surface area contributed by atoms with Crippen molar-refractivity contribution in [3.63, 3.8) is 0 Å². The zero-order valence-electron chi connectivity index (χ0n) is 15.6. The fourth-order valence-corrected chi connectivity index (χ4v) is 3.21. The number of nitrogens with zero attached hydrogens (tertiary/aromatic N) is 1. The van der Waals surface area contributed by atoms with E-state index in [4.69, 9.17) is 15.9 Å². The van der Waals surface area contributed by atoms with E-state index in [2.05, 4.69) is 33.8 Å². The molecule has 0 saturated heterocycles. The van der Waals surface area contributed by atoms with Gasteiger partial charge < -0.3 is 14.8 Å². The number of amides is 1. The summed E-state index contributed by atoms with van der Waals surface area (Å²) in [6.07, 6.45) is 6.78. The molecule has 0 saturated carbocycles. The summed E-state index contributed by atoms with van der Waals surface area (Å²) in [5, 5.41) is 12.2. The molecule has 0 fully saturated rings. The van der Waals surface area contributed by atoms with E-state index < -0.39 is 5.91 Å². The summed E-state index contributed by atoms with van der Waals surface area (Å²) in [5.74, 6) is 2.99. The largest absolute Gasteiger partial charge is 0.490 e. The lowest BCUT2D eigenvalue weighted by atomic mass is 10.1. The second-order valence-corrected chi connectivity index (χ2v) is 6.91. The zero-order valence-corrected chi connectivity index (χ0v) is 17.7. The Morgan fingerprint density at radius 3 is 2.75 bits per heavy atom. The molecule has 5 nitrogen and oxygen atoms in total. The predicted octanol–water partition coefficient (Wildman–Crippen LogP) is 4.56. The molecular formula is C22H19IN2O3. The van der Waals surface area contributed by atoms with Crippen LogP contribution in [0.5, 0.6) is 11.5 Å². The predicted molar refractivity (Wildman–Crippen MR) is 118 cm³/mol. The molecule has 0 aliphatic rings. The lowest BCUT2D eigenvalue weighted by molar-refractivity contribution is -0.112. The number of aryl methyl sites for hydroxylation is 1. The molecule has 0 aliphatic heterocycles. The van der Waals surface area contributed by atoms with Crippen molar-refractivity contribution in [3.05, 3.63) is 56.7 Å². The van der Waals surface area contributed by atoms with Crippen LogP contribution in [0.3, 0.4) is 0 Å². The van der Waals surface area contributed by atoms with Gasteiger partial charge in [-0.15, -0.1) is 6.42 Å². The van der Waals surface area contributed by atoms with Crippen molar-refractivity contribution in [3.8, 4) is 29.9 Å². The molecule has 0 heterocycles. The van der Waals surface area contributed by atoms with Crippen LogP contribution in [0.2, 0.25) is 0 Å². The number of hydrogen-bond donors (Lipinski definition) is 1. The number of ether oxygens (including phenoxy) is 2. The Labute approximate surface area is 178 Å². The third kappa shape index (κ3) is 5.77. The van der Waals surface area contributed by atoms with E-state index in [-0.39, 0.29) is 12.2 Å². The van der Waals surface area contributed by atoms with Crippen LogP contribution in [0, 0.1) is 34.2 Å². The van der Waals surface area contributed by atoms with Gasteiger partial charge in [-0.2, -0.15) is 5.26 Å². The molecule has 0 atom stereocenters. The molecule has 0 aromatic heterocycles. The average Bonchev–Trinajstić information content (AvgIpc) is 2.65. The summed E-state index contributed by atoms with van der Waals surface area (Å²) in [7, 11) is 0. The van der Waals surface area contributed by atoms with E-state index in [1.807, 2.05) is 38.1 Å². The topological polar surface area (TPSA) is 71.3 Å². The summed E-state index contributed by atoms with van der Waals surface area (Å²) in [6.45, 7) is 4.34. The lowest BCUT2D eigenvalue weighted by Crippen LogP contribution is -2.13. The number of benzene rings is 2. The molecule has 6 heteroatoms. The van der Waals surface area contributed by atoms with E-state index in [0.29, 0.717) is 29.4 Å². The number of nitriles is 1. The van der Waals surface area contributed by atoms with Crippen LogP contribution in [0.4, 0.5) is 5.69 Å². The van der Waals surface area contributed by atoms with E-state index in [0.717, 1.165) is 9.13 Å². The third-order valence-corrected chi connectivity index (χ3v) is 4.38. The Bertz CT molecular complexity index is 984. The number of terminal acetylenes is 1. The maximum atomic E-state index is 12.5. The van der Waals surface area contributed by atoms with Gasteiger partial charge in [0.15, 0.2) is 11.5 Å². The summed E-state index contributed by atoms with van der Waals surface area (Å²) < 4.78 is 12.0. The minimum atomic E-state index is -0.478. The highest BCUT2D eigenvalue weighted by atomic mass is 127. The number of nitrogens with one attached hydrogen (secondary N) is 1. The standard InChI is InChI=1S/C22H19IN2O3/c1-4-9-28-21-19(23)12-16(13-20(21)27-5-2)11-17(14-24)22(26)25-18-8-6-7-15(3)10-18/h1,6-8,10-13H,5,9H2,2-3H3,(H,25,26)/b17-11+. The van der Waals surface area contributed by atoms with Crippen LogP contribution in [0.15, 0.2) is 42.0 Å². The highest BCUT2D eigenvalue weighted by Crippen LogP contribution is 2.35. The Morgan fingerprint density at radius 1 is 1.32 bits per heavy atom. The van der Waals surface area contributed by atoms with Gasteiger partial charge in [0, 0.05) is 5.69 Å². The first-order valence-electron chi connectivity index (χ1n) is 8.51. The van der Waals surface area contributed by atoms with Crippen LogP contribution in [0.25, 0.3) is 6.08 Å². The number of hydrogen-bond acceptors (Lipinski definition) is 4. The first-order valence-corrected chi connectivity index (χ1v) is 9.58. The van der Waals surface area contributed by atoms with Gasteiger partial charge in [-0.3, -0.25) is 4.79 Å². The highest BCUT2D eigenvalue weighted by Gasteiger charge is 2.14. The fourth-order valence-electron chi connectivity index (χ4n) is 2.42. The maximum absolute atomic E-state index is 12.5. The molecule has 0 radical (unpaired) electrons. The first-order chi connectivity index (χ1) is 13.5. The van der Waals surface area contributed by atoms with E-state index in [9.17, 15) is 10.1 Å². The van der Waals surface area contributed by atoms with Gasteiger partial charge in [-0.05, 0) is 77.9 Å². The van der Waals surface area contributed by atoms with Gasteiger partial charge in [0.05, 0.1) is 10.2 Å². The summed E-state index contributed by atoms with van der Waals surface area (Å²) in [5.41, 5.74) is 2.28. The molecule has 2 aromatic rings. The third-order valence-electron chi connectivity index (χ3n) is 3.58. The summed E-state index contributed by atoms with van der Waals surface area (Å²) in [6, 6.07) is 12.8. The van der Waals surface area contributed by atoms with Crippen molar-refractivity contribution in [2.45, 2.75) is 13.8 Å². The maximum Gasteiger partial charge on any atom is 0.266 e. The molecule has 0 unspecified atom stereocenters. The zero-order chi connectivity index (χ0) is 20.5. The van der Waals surface area contributed by atoms with Crippen molar-refractivity contribution < 1.29 is 14.3 Å². The smallest absolute Gasteiger partial charge is 0.266 e. The van der Waals surface area contributed by atoms with Crippen molar-refractivity contribution in [1.82, 2.24) is 0 Å². The van der Waals surface area contributed by atoms with Gasteiger partial charge in [-0.25, -0.2) is 0 Å². The fraction of sp³-hybridized carbons (Fsp3) is 0.182. The van der Waals surface area contributed by atoms with Gasteiger partial charge in [0.1, 0.15) is 18.2 Å². The molecule has 1 N–H and O–H groups in total.